The number of methoxy groups -OCH3 is 2. The number of nitrogens with one attached hydrogen (secondary N) is 1. The number of nitrogens with zero attached hydrogens (tertiary/aromatic N) is 3. The van der Waals surface area contributed by atoms with Gasteiger partial charge in [-0.1, -0.05) is 0 Å². The number of anilines is 2. The van der Waals surface area contributed by atoms with E-state index < -0.39 is 0 Å². The number of aromatic nitrogens is 3. The van der Waals surface area contributed by atoms with E-state index in [9.17, 15) is 0 Å². The smallest absolute Gasteiger partial charge is 0.222 e. The van der Waals surface area contributed by atoms with Crippen LogP contribution in [-0.4, -0.2) is 42.3 Å². The molecule has 0 unspecified atom stereocenters. The summed E-state index contributed by atoms with van der Waals surface area (Å²) in [5, 5.41) is 3.23. The van der Waals surface area contributed by atoms with E-state index in [0.29, 0.717) is 41.4 Å². The molecule has 136 valence electrons. The zero-order valence-electron chi connectivity index (χ0n) is 14.8. The minimum atomic E-state index is 0.202. The van der Waals surface area contributed by atoms with Gasteiger partial charge in [0, 0.05) is 12.1 Å². The summed E-state index contributed by atoms with van der Waals surface area (Å²) in [6.07, 6.45) is 0.820. The Bertz CT molecular complexity index is 916. The highest BCUT2D eigenvalue weighted by atomic mass is 16.5. The second-order valence-corrected chi connectivity index (χ2v) is 5.63. The summed E-state index contributed by atoms with van der Waals surface area (Å²) in [5.74, 6) is 2.11. The Kier molecular flexibility index (Phi) is 5.33. The van der Waals surface area contributed by atoms with Gasteiger partial charge in [0.05, 0.1) is 25.4 Å². The number of pyridine rings is 1. The maximum absolute atomic E-state index is 5.80. The fourth-order valence-electron chi connectivity index (χ4n) is 2.62. The highest BCUT2D eigenvalue weighted by molar-refractivity contribution is 5.88. The van der Waals surface area contributed by atoms with Crippen LogP contribution in [0, 0.1) is 0 Å². The second kappa shape index (κ2) is 7.83. The van der Waals surface area contributed by atoms with Gasteiger partial charge in [-0.05, 0) is 43.3 Å². The van der Waals surface area contributed by atoms with E-state index in [1.54, 1.807) is 14.2 Å². The minimum Gasteiger partial charge on any atom is -0.493 e. The average molecular weight is 354 g/mol. The molecule has 0 radical (unpaired) electrons. The van der Waals surface area contributed by atoms with Crippen LogP contribution in [0.25, 0.3) is 22.3 Å². The first-order valence-electron chi connectivity index (χ1n) is 8.27. The minimum absolute atomic E-state index is 0.202. The molecule has 0 atom stereocenters. The molecule has 0 amide bonds. The number of hydrogen-bond donors (Lipinski definition) is 3. The van der Waals surface area contributed by atoms with Gasteiger partial charge in [0.2, 0.25) is 5.95 Å². The van der Waals surface area contributed by atoms with Crippen molar-refractivity contribution in [2.75, 3.05) is 38.4 Å². The predicted octanol–water partition coefficient (Wildman–Crippen LogP) is 2.05. The third kappa shape index (κ3) is 3.60. The number of nitrogen functional groups attached to an aromatic ring is 1. The lowest BCUT2D eigenvalue weighted by molar-refractivity contribution is 0.355. The summed E-state index contributed by atoms with van der Waals surface area (Å²) < 4.78 is 10.7. The maximum atomic E-state index is 5.80. The zero-order valence-corrected chi connectivity index (χ0v) is 14.8. The first-order valence-corrected chi connectivity index (χ1v) is 8.27. The summed E-state index contributed by atoms with van der Waals surface area (Å²) in [4.78, 5) is 13.3. The van der Waals surface area contributed by atoms with Crippen LogP contribution in [0.2, 0.25) is 0 Å². The molecule has 2 heterocycles. The second-order valence-electron chi connectivity index (χ2n) is 5.63. The molecule has 8 heteroatoms. The normalized spacial score (nSPS) is 10.7. The Morgan fingerprint density at radius 2 is 1.81 bits per heavy atom. The lowest BCUT2D eigenvalue weighted by Crippen LogP contribution is -2.11. The first kappa shape index (κ1) is 17.7. The molecule has 0 saturated carbocycles. The monoisotopic (exact) mass is 354 g/mol. The standard InChI is InChI=1S/C18H22N6O2/c1-25-14-7-4-11(10-15(14)26-2)12-5-6-13-16(22-12)17(21-9-3-8-19)24-18(20)23-13/h4-7,10H,3,8-9,19H2,1-2H3,(H3,20,21,23,24). The first-order chi connectivity index (χ1) is 12.7. The molecule has 3 rings (SSSR count). The number of hydrogen-bond acceptors (Lipinski definition) is 8. The van der Waals surface area contributed by atoms with E-state index in [4.69, 9.17) is 25.9 Å². The molecule has 0 fully saturated rings. The highest BCUT2D eigenvalue weighted by Crippen LogP contribution is 2.32. The van der Waals surface area contributed by atoms with Crippen LogP contribution in [0.4, 0.5) is 11.8 Å². The SMILES string of the molecule is COc1ccc(-c2ccc3nc(N)nc(NCCCN)c3n2)cc1OC. The molecule has 0 bridgehead atoms. The Hall–Kier alpha value is -3.13. The lowest BCUT2D eigenvalue weighted by atomic mass is 10.1. The van der Waals surface area contributed by atoms with Crippen LogP contribution in [0.5, 0.6) is 11.5 Å². The van der Waals surface area contributed by atoms with Gasteiger partial charge in [-0.25, -0.2) is 9.97 Å². The van der Waals surface area contributed by atoms with Crippen LogP contribution < -0.4 is 26.3 Å². The molecule has 0 saturated heterocycles. The van der Waals surface area contributed by atoms with Gasteiger partial charge in [-0.3, -0.25) is 0 Å². The zero-order chi connectivity index (χ0) is 18.5. The Morgan fingerprint density at radius 3 is 2.54 bits per heavy atom. The molecule has 0 aliphatic heterocycles. The fraction of sp³-hybridized carbons (Fsp3) is 0.278. The van der Waals surface area contributed by atoms with Crippen LogP contribution in [0.15, 0.2) is 30.3 Å². The van der Waals surface area contributed by atoms with E-state index in [0.717, 1.165) is 17.7 Å². The van der Waals surface area contributed by atoms with E-state index in [1.165, 1.54) is 0 Å². The number of ether oxygens (including phenoxy) is 2. The van der Waals surface area contributed by atoms with E-state index in [2.05, 4.69) is 15.3 Å². The van der Waals surface area contributed by atoms with E-state index in [1.807, 2.05) is 30.3 Å². The molecule has 1 aromatic carbocycles. The van der Waals surface area contributed by atoms with Gasteiger partial charge in [-0.15, -0.1) is 0 Å². The molecule has 0 aliphatic rings. The van der Waals surface area contributed by atoms with Crippen molar-refractivity contribution in [3.63, 3.8) is 0 Å². The summed E-state index contributed by atoms with van der Waals surface area (Å²) in [6, 6.07) is 9.42. The molecular weight excluding hydrogens is 332 g/mol. The van der Waals surface area contributed by atoms with Crippen molar-refractivity contribution < 1.29 is 9.47 Å². The molecule has 0 spiro atoms. The summed E-state index contributed by atoms with van der Waals surface area (Å²) in [6.45, 7) is 1.28. The Morgan fingerprint density at radius 1 is 1.00 bits per heavy atom. The van der Waals surface area contributed by atoms with Crippen LogP contribution in [0.3, 0.4) is 0 Å². The van der Waals surface area contributed by atoms with Crippen molar-refractivity contribution in [3.05, 3.63) is 30.3 Å². The van der Waals surface area contributed by atoms with Gasteiger partial charge in [-0.2, -0.15) is 4.98 Å². The van der Waals surface area contributed by atoms with Gasteiger partial charge in [0.15, 0.2) is 17.3 Å². The third-order valence-electron chi connectivity index (χ3n) is 3.91. The van der Waals surface area contributed by atoms with Gasteiger partial charge < -0.3 is 26.3 Å². The van der Waals surface area contributed by atoms with Gasteiger partial charge in [0.1, 0.15) is 5.52 Å². The Labute approximate surface area is 151 Å². The number of rotatable bonds is 7. The highest BCUT2D eigenvalue weighted by Gasteiger charge is 2.11. The lowest BCUT2D eigenvalue weighted by Gasteiger charge is -2.11. The van der Waals surface area contributed by atoms with Crippen molar-refractivity contribution in [1.82, 2.24) is 15.0 Å². The summed E-state index contributed by atoms with van der Waals surface area (Å²) in [7, 11) is 3.21. The van der Waals surface area contributed by atoms with E-state index >= 15 is 0 Å². The quantitative estimate of drug-likeness (QED) is 0.551. The van der Waals surface area contributed by atoms with Crippen molar-refractivity contribution >= 4 is 22.8 Å². The molecule has 0 aliphatic carbocycles. The van der Waals surface area contributed by atoms with Crippen LogP contribution in [-0.2, 0) is 0 Å². The van der Waals surface area contributed by atoms with Crippen LogP contribution in [0.1, 0.15) is 6.42 Å². The summed E-state index contributed by atoms with van der Waals surface area (Å²) in [5.41, 5.74) is 14.4. The topological polar surface area (TPSA) is 121 Å². The van der Waals surface area contributed by atoms with Gasteiger partial charge >= 0.3 is 0 Å². The molecule has 5 N–H and O–H groups in total. The number of fused-ring (bicyclic) bond motifs is 1. The maximum Gasteiger partial charge on any atom is 0.222 e. The van der Waals surface area contributed by atoms with Crippen molar-refractivity contribution in [3.8, 4) is 22.8 Å². The molecule has 2 aromatic heterocycles. The van der Waals surface area contributed by atoms with E-state index in [-0.39, 0.29) is 5.95 Å². The third-order valence-corrected chi connectivity index (χ3v) is 3.91. The molecule has 26 heavy (non-hydrogen) atoms. The Balaban J connectivity index is 2.05. The van der Waals surface area contributed by atoms with Crippen molar-refractivity contribution in [1.29, 1.82) is 0 Å². The molecule has 3 aromatic rings. The van der Waals surface area contributed by atoms with Gasteiger partial charge in [0.25, 0.3) is 0 Å². The van der Waals surface area contributed by atoms with Crippen molar-refractivity contribution in [2.45, 2.75) is 6.42 Å². The largest absolute Gasteiger partial charge is 0.493 e. The fourth-order valence-corrected chi connectivity index (χ4v) is 2.62. The van der Waals surface area contributed by atoms with Crippen molar-refractivity contribution in [2.24, 2.45) is 5.73 Å². The molecular formula is C18H22N6O2. The number of benzene rings is 1. The summed E-state index contributed by atoms with van der Waals surface area (Å²) >= 11 is 0. The molecule has 8 nitrogen and oxygen atoms in total. The predicted molar refractivity (Wildman–Crippen MR) is 102 cm³/mol. The number of nitrogens with two attached hydrogens (primary N) is 2. The average Bonchev–Trinajstić information content (AvgIpc) is 2.67. The van der Waals surface area contributed by atoms with Crippen LogP contribution >= 0.6 is 0 Å².